The van der Waals surface area contributed by atoms with Crippen LogP contribution in [0.5, 0.6) is 5.75 Å². The van der Waals surface area contributed by atoms with Crippen molar-refractivity contribution in [2.24, 2.45) is 0 Å². The highest BCUT2D eigenvalue weighted by molar-refractivity contribution is 5.91. The highest BCUT2D eigenvalue weighted by Crippen LogP contribution is 2.29. The van der Waals surface area contributed by atoms with Crippen molar-refractivity contribution in [1.82, 2.24) is 4.98 Å². The molecule has 6 heteroatoms. The molecule has 0 saturated heterocycles. The van der Waals surface area contributed by atoms with E-state index in [1.165, 1.54) is 0 Å². The van der Waals surface area contributed by atoms with Gasteiger partial charge in [-0.25, -0.2) is 4.79 Å². The molecule has 1 aliphatic carbocycles. The molecular weight excluding hydrogens is 320 g/mol. The van der Waals surface area contributed by atoms with Crippen molar-refractivity contribution >= 4 is 22.6 Å². The molecule has 1 N–H and O–H groups in total. The van der Waals surface area contributed by atoms with E-state index in [-0.39, 0.29) is 18.1 Å². The molecule has 1 aromatic carbocycles. The number of hydrogen-bond donors (Lipinski definition) is 1. The summed E-state index contributed by atoms with van der Waals surface area (Å²) in [6, 6.07) is 8.82. The second-order valence-corrected chi connectivity index (χ2v) is 5.94. The number of nitrogens with zero attached hydrogens (tertiary/aromatic N) is 1. The molecule has 0 radical (unpaired) electrons. The number of hydrogen-bond acceptors (Lipinski definition) is 5. The lowest BCUT2D eigenvalue weighted by atomic mass is 10.1. The normalized spacial score (nSPS) is 12.8. The zero-order valence-corrected chi connectivity index (χ0v) is 13.5. The fourth-order valence-corrected chi connectivity index (χ4v) is 3.14. The van der Waals surface area contributed by atoms with Gasteiger partial charge < -0.3 is 14.5 Å². The predicted molar refractivity (Wildman–Crippen MR) is 92.9 cm³/mol. The van der Waals surface area contributed by atoms with Gasteiger partial charge in [-0.3, -0.25) is 9.78 Å². The Balaban J connectivity index is 1.50. The molecular formula is C19H16N2O4. The third-order valence-corrected chi connectivity index (χ3v) is 4.26. The number of anilines is 1. The zero-order chi connectivity index (χ0) is 17.2. The van der Waals surface area contributed by atoms with Gasteiger partial charge in [-0.15, -0.1) is 0 Å². The van der Waals surface area contributed by atoms with Crippen LogP contribution in [0.3, 0.4) is 0 Å². The van der Waals surface area contributed by atoms with Crippen molar-refractivity contribution in [3.8, 4) is 5.75 Å². The molecule has 2 heterocycles. The molecule has 0 atom stereocenters. The van der Waals surface area contributed by atoms with Crippen LogP contribution < -0.4 is 15.7 Å². The van der Waals surface area contributed by atoms with Gasteiger partial charge in [0.15, 0.2) is 6.61 Å². The van der Waals surface area contributed by atoms with E-state index < -0.39 is 0 Å². The average molecular weight is 336 g/mol. The first-order valence-electron chi connectivity index (χ1n) is 8.12. The number of carbonyl (C=O) groups is 1. The van der Waals surface area contributed by atoms with Crippen molar-refractivity contribution in [1.29, 1.82) is 0 Å². The molecule has 25 heavy (non-hydrogen) atoms. The van der Waals surface area contributed by atoms with E-state index in [0.29, 0.717) is 17.0 Å². The Bertz CT molecular complexity index is 995. The fourth-order valence-electron chi connectivity index (χ4n) is 3.14. The van der Waals surface area contributed by atoms with Gasteiger partial charge in [0.2, 0.25) is 0 Å². The van der Waals surface area contributed by atoms with Gasteiger partial charge in [-0.2, -0.15) is 0 Å². The third-order valence-electron chi connectivity index (χ3n) is 4.26. The van der Waals surface area contributed by atoms with Crippen LogP contribution >= 0.6 is 0 Å². The predicted octanol–water partition coefficient (Wildman–Crippen LogP) is 2.69. The molecule has 0 fully saturated rings. The fraction of sp³-hybridized carbons (Fsp3) is 0.211. The first kappa shape index (κ1) is 15.4. The van der Waals surface area contributed by atoms with Gasteiger partial charge in [0.1, 0.15) is 11.3 Å². The van der Waals surface area contributed by atoms with Crippen LogP contribution in [0.1, 0.15) is 17.5 Å². The van der Waals surface area contributed by atoms with Crippen molar-refractivity contribution < 1.29 is 13.9 Å². The van der Waals surface area contributed by atoms with Gasteiger partial charge in [-0.1, -0.05) is 0 Å². The van der Waals surface area contributed by atoms with E-state index in [2.05, 4.69) is 10.3 Å². The molecule has 0 saturated carbocycles. The number of carbonyl (C=O) groups excluding carboxylic acids is 1. The number of benzene rings is 1. The molecule has 0 unspecified atom stereocenters. The Morgan fingerprint density at radius 1 is 1.24 bits per heavy atom. The standard InChI is InChI=1S/C19H16N2O4/c22-18(21-12-3-2-8-20-10-12)11-24-13-6-7-15-14-4-1-5-16(14)19(23)25-17(15)9-13/h2-3,6-10H,1,4-5,11H2,(H,21,22). The number of fused-ring (bicyclic) bond motifs is 3. The SMILES string of the molecule is O=C(COc1ccc2c3c(c(=O)oc2c1)CCC3)Nc1cccnc1. The Labute approximate surface area is 143 Å². The lowest BCUT2D eigenvalue weighted by Gasteiger charge is -2.09. The van der Waals surface area contributed by atoms with Crippen molar-refractivity contribution in [3.05, 3.63) is 64.3 Å². The molecule has 4 rings (SSSR count). The minimum Gasteiger partial charge on any atom is -0.484 e. The van der Waals surface area contributed by atoms with Crippen LogP contribution in [0.25, 0.3) is 11.0 Å². The summed E-state index contributed by atoms with van der Waals surface area (Å²) in [6.07, 6.45) is 5.84. The smallest absolute Gasteiger partial charge is 0.339 e. The van der Waals surface area contributed by atoms with Crippen molar-refractivity contribution in [3.63, 3.8) is 0 Å². The van der Waals surface area contributed by atoms with E-state index >= 15 is 0 Å². The van der Waals surface area contributed by atoms with Crippen molar-refractivity contribution in [2.75, 3.05) is 11.9 Å². The Hall–Kier alpha value is -3.15. The number of rotatable bonds is 4. The van der Waals surface area contributed by atoms with Gasteiger partial charge in [0.25, 0.3) is 5.91 Å². The molecule has 1 amide bonds. The third kappa shape index (κ3) is 3.10. The van der Waals surface area contributed by atoms with Gasteiger partial charge >= 0.3 is 5.63 Å². The minimum absolute atomic E-state index is 0.143. The maximum atomic E-state index is 12.0. The molecule has 0 bridgehead atoms. The summed E-state index contributed by atoms with van der Waals surface area (Å²) in [5, 5.41) is 3.64. The molecule has 2 aromatic heterocycles. The monoisotopic (exact) mass is 336 g/mol. The van der Waals surface area contributed by atoms with Gasteiger partial charge in [0.05, 0.1) is 11.9 Å². The maximum Gasteiger partial charge on any atom is 0.339 e. The molecule has 0 aliphatic heterocycles. The average Bonchev–Trinajstić information content (AvgIpc) is 3.11. The largest absolute Gasteiger partial charge is 0.484 e. The van der Waals surface area contributed by atoms with Crippen LogP contribution in [0, 0.1) is 0 Å². The molecule has 126 valence electrons. The highest BCUT2D eigenvalue weighted by Gasteiger charge is 2.19. The molecule has 0 spiro atoms. The van der Waals surface area contributed by atoms with E-state index in [9.17, 15) is 9.59 Å². The Morgan fingerprint density at radius 3 is 2.96 bits per heavy atom. The van der Waals surface area contributed by atoms with E-state index in [0.717, 1.165) is 35.8 Å². The number of pyridine rings is 1. The van der Waals surface area contributed by atoms with Crippen LogP contribution in [0.2, 0.25) is 0 Å². The lowest BCUT2D eigenvalue weighted by Crippen LogP contribution is -2.20. The number of ether oxygens (including phenoxy) is 1. The van der Waals surface area contributed by atoms with E-state index in [4.69, 9.17) is 9.15 Å². The zero-order valence-electron chi connectivity index (χ0n) is 13.5. The molecule has 6 nitrogen and oxygen atoms in total. The summed E-state index contributed by atoms with van der Waals surface area (Å²) < 4.78 is 10.9. The van der Waals surface area contributed by atoms with E-state index in [1.807, 2.05) is 6.07 Å². The molecule has 3 aromatic rings. The highest BCUT2D eigenvalue weighted by atomic mass is 16.5. The topological polar surface area (TPSA) is 81.4 Å². The number of aryl methyl sites for hydroxylation is 1. The molecule has 1 aliphatic rings. The summed E-state index contributed by atoms with van der Waals surface area (Å²) in [5.41, 5.74) is 2.70. The van der Waals surface area contributed by atoms with Gasteiger partial charge in [-0.05, 0) is 49.1 Å². The number of amides is 1. The van der Waals surface area contributed by atoms with Crippen LogP contribution in [0.15, 0.2) is 51.9 Å². The van der Waals surface area contributed by atoms with Gasteiger partial charge in [0, 0.05) is 23.2 Å². The van der Waals surface area contributed by atoms with E-state index in [1.54, 1.807) is 36.7 Å². The maximum absolute atomic E-state index is 12.0. The summed E-state index contributed by atoms with van der Waals surface area (Å²) in [7, 11) is 0. The van der Waals surface area contributed by atoms with Crippen LogP contribution in [-0.2, 0) is 17.6 Å². The Morgan fingerprint density at radius 2 is 2.12 bits per heavy atom. The van der Waals surface area contributed by atoms with Crippen LogP contribution in [-0.4, -0.2) is 17.5 Å². The second kappa shape index (κ2) is 6.39. The Kier molecular flexibility index (Phi) is 3.93. The summed E-state index contributed by atoms with van der Waals surface area (Å²) in [4.78, 5) is 27.9. The lowest BCUT2D eigenvalue weighted by molar-refractivity contribution is -0.118. The number of aromatic nitrogens is 1. The summed E-state index contributed by atoms with van der Waals surface area (Å²) in [6.45, 7) is -0.143. The number of nitrogens with one attached hydrogen (secondary N) is 1. The van der Waals surface area contributed by atoms with Crippen LogP contribution in [0.4, 0.5) is 5.69 Å². The minimum atomic E-state index is -0.288. The first-order valence-corrected chi connectivity index (χ1v) is 8.12. The summed E-state index contributed by atoms with van der Waals surface area (Å²) >= 11 is 0. The summed E-state index contributed by atoms with van der Waals surface area (Å²) in [5.74, 6) is 0.193. The first-order chi connectivity index (χ1) is 12.2. The second-order valence-electron chi connectivity index (χ2n) is 5.94. The van der Waals surface area contributed by atoms with Crippen molar-refractivity contribution in [2.45, 2.75) is 19.3 Å². The quantitative estimate of drug-likeness (QED) is 0.741.